The summed E-state index contributed by atoms with van der Waals surface area (Å²) in [6.07, 6.45) is 3.39. The molecule has 2 aromatic carbocycles. The number of benzene rings is 2. The van der Waals surface area contributed by atoms with E-state index >= 15 is 0 Å². The van der Waals surface area contributed by atoms with Crippen LogP contribution in [0.25, 0.3) is 6.08 Å². The zero-order valence-electron chi connectivity index (χ0n) is 16.3. The van der Waals surface area contributed by atoms with Crippen molar-refractivity contribution < 1.29 is 23.5 Å². The Morgan fingerprint density at radius 2 is 2.00 bits per heavy atom. The predicted octanol–water partition coefficient (Wildman–Crippen LogP) is 3.24. The van der Waals surface area contributed by atoms with Crippen LogP contribution < -0.4 is 20.5 Å². The summed E-state index contributed by atoms with van der Waals surface area (Å²) in [6.45, 7) is 3.91. The quantitative estimate of drug-likeness (QED) is 0.395. The van der Waals surface area contributed by atoms with Crippen molar-refractivity contribution in [2.75, 3.05) is 7.11 Å². The van der Waals surface area contributed by atoms with Crippen LogP contribution in [0.4, 0.5) is 9.18 Å². The van der Waals surface area contributed by atoms with Crippen LogP contribution in [0.2, 0.25) is 0 Å². The van der Waals surface area contributed by atoms with Gasteiger partial charge in [-0.1, -0.05) is 18.2 Å². The molecule has 0 unspecified atom stereocenters. The molecular formula is C22H20FN3O4. The molecule has 2 rings (SSSR count). The molecule has 3 amide bonds. The summed E-state index contributed by atoms with van der Waals surface area (Å²) in [4.78, 5) is 22.8. The van der Waals surface area contributed by atoms with E-state index in [2.05, 4.69) is 6.58 Å². The van der Waals surface area contributed by atoms with Crippen molar-refractivity contribution >= 4 is 18.0 Å². The molecule has 30 heavy (non-hydrogen) atoms. The van der Waals surface area contributed by atoms with Crippen molar-refractivity contribution in [3.8, 4) is 17.6 Å². The number of ether oxygens (including phenoxy) is 2. The van der Waals surface area contributed by atoms with Crippen LogP contribution in [0.3, 0.4) is 0 Å². The van der Waals surface area contributed by atoms with Crippen LogP contribution in [0.5, 0.6) is 11.5 Å². The van der Waals surface area contributed by atoms with Gasteiger partial charge < -0.3 is 15.2 Å². The van der Waals surface area contributed by atoms with Crippen LogP contribution in [0.15, 0.2) is 54.6 Å². The molecule has 0 saturated heterocycles. The highest BCUT2D eigenvalue weighted by Crippen LogP contribution is 2.35. The van der Waals surface area contributed by atoms with Crippen LogP contribution in [-0.4, -0.2) is 19.0 Å². The summed E-state index contributed by atoms with van der Waals surface area (Å²) < 4.78 is 24.4. The largest absolute Gasteiger partial charge is 0.493 e. The number of nitrogens with zero attached hydrogens (tertiary/aromatic N) is 1. The molecule has 154 valence electrons. The molecule has 0 radical (unpaired) electrons. The van der Waals surface area contributed by atoms with Gasteiger partial charge in [0, 0.05) is 5.56 Å². The number of primary amides is 1. The molecule has 2 aromatic rings. The summed E-state index contributed by atoms with van der Waals surface area (Å²) in [7, 11) is 1.45. The van der Waals surface area contributed by atoms with E-state index < -0.39 is 11.9 Å². The number of carbonyl (C=O) groups excluding carboxylic acids is 2. The molecule has 8 heteroatoms. The van der Waals surface area contributed by atoms with Gasteiger partial charge in [0.2, 0.25) is 0 Å². The lowest BCUT2D eigenvalue weighted by atomic mass is 10.0. The second-order valence-corrected chi connectivity index (χ2v) is 6.11. The molecule has 0 aliphatic carbocycles. The molecule has 0 fully saturated rings. The van der Waals surface area contributed by atoms with Gasteiger partial charge in [0.05, 0.1) is 7.11 Å². The number of nitrogens with two attached hydrogens (primary N) is 1. The fourth-order valence-corrected chi connectivity index (χ4v) is 2.62. The van der Waals surface area contributed by atoms with Gasteiger partial charge in [-0.3, -0.25) is 10.1 Å². The summed E-state index contributed by atoms with van der Waals surface area (Å²) in [6, 6.07) is 9.87. The van der Waals surface area contributed by atoms with Gasteiger partial charge in [0.1, 0.15) is 24.1 Å². The molecule has 0 aliphatic rings. The second-order valence-electron chi connectivity index (χ2n) is 6.11. The van der Waals surface area contributed by atoms with Crippen LogP contribution >= 0.6 is 0 Å². The number of rotatable bonds is 8. The Hall–Kier alpha value is -4.12. The van der Waals surface area contributed by atoms with E-state index in [0.29, 0.717) is 29.0 Å². The van der Waals surface area contributed by atoms with Crippen LogP contribution in [0, 0.1) is 17.1 Å². The molecule has 3 N–H and O–H groups in total. The maximum Gasteiger partial charge on any atom is 0.319 e. The van der Waals surface area contributed by atoms with Crippen molar-refractivity contribution in [2.24, 2.45) is 5.73 Å². The first-order chi connectivity index (χ1) is 14.4. The monoisotopic (exact) mass is 409 g/mol. The van der Waals surface area contributed by atoms with Gasteiger partial charge in [0.25, 0.3) is 5.91 Å². The number of imide groups is 1. The maximum absolute atomic E-state index is 13.1. The minimum atomic E-state index is -1.06. The first kappa shape index (κ1) is 22.2. The Kier molecular flexibility index (Phi) is 7.71. The number of hydrogen-bond donors (Lipinski definition) is 2. The number of urea groups is 1. The van der Waals surface area contributed by atoms with Crippen molar-refractivity contribution in [2.45, 2.75) is 13.0 Å². The fourth-order valence-electron chi connectivity index (χ4n) is 2.62. The number of amides is 3. The first-order valence-corrected chi connectivity index (χ1v) is 8.79. The average molecular weight is 409 g/mol. The summed E-state index contributed by atoms with van der Waals surface area (Å²) in [5.74, 6) is -0.423. The van der Waals surface area contributed by atoms with Crippen molar-refractivity contribution in [1.82, 2.24) is 5.32 Å². The lowest BCUT2D eigenvalue weighted by molar-refractivity contribution is -0.115. The van der Waals surface area contributed by atoms with E-state index in [9.17, 15) is 19.2 Å². The number of allylic oxidation sites excluding steroid dienone is 1. The molecular weight excluding hydrogens is 389 g/mol. The van der Waals surface area contributed by atoms with Gasteiger partial charge in [0.15, 0.2) is 11.5 Å². The van der Waals surface area contributed by atoms with Crippen LogP contribution in [-0.2, 0) is 17.8 Å². The van der Waals surface area contributed by atoms with Crippen molar-refractivity contribution in [1.29, 1.82) is 5.26 Å². The zero-order chi connectivity index (χ0) is 22.1. The van der Waals surface area contributed by atoms with E-state index in [1.165, 1.54) is 25.3 Å². The SMILES string of the molecule is C=CCc1cc(/C=C(/C#N)C(=O)NC(N)=O)cc(OC)c1OCc1ccc(F)cc1. The third kappa shape index (κ3) is 5.94. The van der Waals surface area contributed by atoms with Gasteiger partial charge in [-0.15, -0.1) is 6.58 Å². The number of halogens is 1. The van der Waals surface area contributed by atoms with Gasteiger partial charge >= 0.3 is 6.03 Å². The highest BCUT2D eigenvalue weighted by Gasteiger charge is 2.15. The molecule has 0 aliphatic heterocycles. The van der Waals surface area contributed by atoms with Gasteiger partial charge in [-0.05, 0) is 47.9 Å². The minimum absolute atomic E-state index is 0.181. The Balaban J connectivity index is 2.39. The third-order valence-corrected chi connectivity index (χ3v) is 3.95. The van der Waals surface area contributed by atoms with E-state index in [0.717, 1.165) is 5.56 Å². The lowest BCUT2D eigenvalue weighted by Gasteiger charge is -2.16. The molecule has 0 aromatic heterocycles. The highest BCUT2D eigenvalue weighted by atomic mass is 19.1. The molecule has 7 nitrogen and oxygen atoms in total. The maximum atomic E-state index is 13.1. The minimum Gasteiger partial charge on any atom is -0.493 e. The van der Waals surface area contributed by atoms with Crippen molar-refractivity contribution in [3.63, 3.8) is 0 Å². The standard InChI is InChI=1S/C22H20FN3O4/c1-3-4-16-9-15(10-17(12-24)21(27)26-22(25)28)11-19(29-2)20(16)30-13-14-5-7-18(23)8-6-14/h3,5-11H,1,4,13H2,2H3,(H3,25,26,27,28)/b17-10-. The number of nitriles is 1. The van der Waals surface area contributed by atoms with Crippen LogP contribution in [0.1, 0.15) is 16.7 Å². The van der Waals surface area contributed by atoms with Gasteiger partial charge in [-0.2, -0.15) is 5.26 Å². The highest BCUT2D eigenvalue weighted by molar-refractivity contribution is 6.08. The molecule has 0 atom stereocenters. The van der Waals surface area contributed by atoms with E-state index in [1.54, 1.807) is 36.4 Å². The summed E-state index contributed by atoms with van der Waals surface area (Å²) >= 11 is 0. The molecule has 0 saturated carbocycles. The van der Waals surface area contributed by atoms with E-state index in [4.69, 9.17) is 15.2 Å². The average Bonchev–Trinajstić information content (AvgIpc) is 2.71. The molecule has 0 heterocycles. The summed E-state index contributed by atoms with van der Waals surface area (Å²) in [5.41, 5.74) is 6.56. The topological polar surface area (TPSA) is 114 Å². The Morgan fingerprint density at radius 3 is 2.57 bits per heavy atom. The normalized spacial score (nSPS) is 10.6. The van der Waals surface area contributed by atoms with E-state index in [1.807, 2.05) is 5.32 Å². The van der Waals surface area contributed by atoms with E-state index in [-0.39, 0.29) is 18.0 Å². The summed E-state index contributed by atoms with van der Waals surface area (Å²) in [5, 5.41) is 11.1. The molecule has 0 bridgehead atoms. The number of methoxy groups -OCH3 is 1. The third-order valence-electron chi connectivity index (χ3n) is 3.95. The Morgan fingerprint density at radius 1 is 1.30 bits per heavy atom. The predicted molar refractivity (Wildman–Crippen MR) is 109 cm³/mol. The Bertz CT molecular complexity index is 1020. The zero-order valence-corrected chi connectivity index (χ0v) is 16.3. The number of hydrogen-bond acceptors (Lipinski definition) is 5. The number of nitrogens with one attached hydrogen (secondary N) is 1. The first-order valence-electron chi connectivity index (χ1n) is 8.79. The smallest absolute Gasteiger partial charge is 0.319 e. The number of carbonyl (C=O) groups is 2. The second kappa shape index (κ2) is 10.4. The molecule has 0 spiro atoms. The van der Waals surface area contributed by atoms with Gasteiger partial charge in [-0.25, -0.2) is 9.18 Å². The Labute approximate surface area is 173 Å². The lowest BCUT2D eigenvalue weighted by Crippen LogP contribution is -2.35. The fraction of sp³-hybridized carbons (Fsp3) is 0.136. The van der Waals surface area contributed by atoms with Crippen molar-refractivity contribution in [3.05, 3.63) is 77.1 Å².